The molecule has 1 aliphatic heterocycles. The number of hydrogen-bond donors (Lipinski definition) is 9. The van der Waals surface area contributed by atoms with Crippen molar-refractivity contribution in [1.29, 1.82) is 0 Å². The molecule has 0 radical (unpaired) electrons. The predicted octanol–water partition coefficient (Wildman–Crippen LogP) is 1.73. The van der Waals surface area contributed by atoms with E-state index < -0.39 is 120 Å². The molecule has 410 valence electrons. The van der Waals surface area contributed by atoms with Gasteiger partial charge in [-0.3, -0.25) is 43.5 Å². The SMILES string of the molecule is C=C1C(=O)N[C@H](CC(C)C)C(=O)N[C@@H](CC(C)C)C(=O)N[C@@H](C(=O)O)[C@H](C)C(=O)N[C@@H](CCCN=C(N)N)C(=O)N(C(=O)C(C)[C@@H](N)/C=C/C(C)=C/[C@H](C)[C@H](Cc2ccccc2)OC)[C@H](C(=O)O)CCC(=O)N1C. The maximum absolute atomic E-state index is 15.0. The summed E-state index contributed by atoms with van der Waals surface area (Å²) in [6, 6.07) is 0.205. The van der Waals surface area contributed by atoms with Crippen LogP contribution in [0.1, 0.15) is 99.5 Å². The molecule has 0 aliphatic carbocycles. The van der Waals surface area contributed by atoms with E-state index in [1.165, 1.54) is 20.0 Å². The summed E-state index contributed by atoms with van der Waals surface area (Å²) in [5.74, 6) is -14.2. The van der Waals surface area contributed by atoms with Gasteiger partial charge in [-0.2, -0.15) is 0 Å². The number of allylic oxidation sites excluding steroid dienone is 2. The molecule has 0 aromatic heterocycles. The van der Waals surface area contributed by atoms with Crippen LogP contribution in [0.2, 0.25) is 0 Å². The number of guanidine groups is 1. The molecule has 2 rings (SSSR count). The fourth-order valence-corrected chi connectivity index (χ4v) is 8.19. The van der Waals surface area contributed by atoms with E-state index in [4.69, 9.17) is 21.9 Å². The van der Waals surface area contributed by atoms with Crippen LogP contribution < -0.4 is 38.5 Å². The number of imide groups is 1. The van der Waals surface area contributed by atoms with Gasteiger partial charge in [0, 0.05) is 39.1 Å². The highest BCUT2D eigenvalue weighted by Crippen LogP contribution is 2.22. The van der Waals surface area contributed by atoms with Gasteiger partial charge in [0.25, 0.3) is 11.8 Å². The van der Waals surface area contributed by atoms with Gasteiger partial charge in [0.2, 0.25) is 29.5 Å². The van der Waals surface area contributed by atoms with Crippen molar-refractivity contribution < 1.29 is 58.1 Å². The van der Waals surface area contributed by atoms with Gasteiger partial charge in [-0.25, -0.2) is 9.59 Å². The summed E-state index contributed by atoms with van der Waals surface area (Å²) in [7, 11) is 2.81. The zero-order valence-corrected chi connectivity index (χ0v) is 44.5. The summed E-state index contributed by atoms with van der Waals surface area (Å²) < 4.78 is 5.79. The number of carboxylic acid groups (broad SMARTS) is 2. The number of carbonyl (C=O) groups excluding carboxylic acids is 7. The van der Waals surface area contributed by atoms with E-state index in [9.17, 15) is 48.6 Å². The quantitative estimate of drug-likeness (QED) is 0.0313. The average molecular weight is 1040 g/mol. The lowest BCUT2D eigenvalue weighted by Crippen LogP contribution is -2.60. The number of ether oxygens (including phenoxy) is 1. The second-order valence-corrected chi connectivity index (χ2v) is 19.8. The third-order valence-corrected chi connectivity index (χ3v) is 12.7. The van der Waals surface area contributed by atoms with Crippen LogP contribution in [0.25, 0.3) is 0 Å². The second kappa shape index (κ2) is 30.3. The Balaban J connectivity index is 2.81. The van der Waals surface area contributed by atoms with Crippen LogP contribution in [0.4, 0.5) is 0 Å². The molecule has 22 heteroatoms. The van der Waals surface area contributed by atoms with Gasteiger partial charge < -0.3 is 58.3 Å². The highest BCUT2D eigenvalue weighted by Gasteiger charge is 2.43. The first-order valence-corrected chi connectivity index (χ1v) is 24.9. The lowest BCUT2D eigenvalue weighted by Gasteiger charge is -2.34. The van der Waals surface area contributed by atoms with E-state index in [0.717, 1.165) is 23.0 Å². The standard InChI is InChI=1S/C52H80N10O12/c1-28(2)24-38-46(66)59-39(25-29(3)4)47(67)60-43(51(72)73)33(8)44(64)57-37(18-15-23-56-52(54)55)49(69)62(40(50(70)71)21-22-42(63)61(10)34(9)45(65)58-38)48(68)32(7)36(53)20-19-30(5)26-31(6)41(74-11)27-35-16-13-12-14-17-35/h12-14,16-17,19-20,26,28-29,31-33,36-41,43H,9,15,18,21-25,27,53H2,1-8,10-11H3,(H,57,64)(H,58,65)(H,59,66)(H,60,67)(H,70,71)(H,72,73)(H4,54,55,56)/b20-19+,30-26+/t31-,32?,33-,36-,37-,38+,39-,40-,41-,43+/m0/s1. The van der Waals surface area contributed by atoms with Crippen molar-refractivity contribution in [3.8, 4) is 0 Å². The number of hydrogen-bond acceptors (Lipinski definition) is 12. The largest absolute Gasteiger partial charge is 0.480 e. The lowest BCUT2D eigenvalue weighted by molar-refractivity contribution is -0.162. The van der Waals surface area contributed by atoms with E-state index >= 15 is 4.79 Å². The maximum Gasteiger partial charge on any atom is 0.327 e. The summed E-state index contributed by atoms with van der Waals surface area (Å²) in [5, 5.41) is 31.1. The van der Waals surface area contributed by atoms with Crippen LogP contribution in [-0.2, 0) is 54.3 Å². The van der Waals surface area contributed by atoms with E-state index in [1.54, 1.807) is 40.9 Å². The van der Waals surface area contributed by atoms with E-state index in [0.29, 0.717) is 11.3 Å². The first kappa shape index (κ1) is 63.2. The average Bonchev–Trinajstić information content (AvgIpc) is 3.33. The number of benzene rings is 1. The molecule has 1 unspecified atom stereocenters. The number of amides is 7. The van der Waals surface area contributed by atoms with E-state index in [2.05, 4.69) is 32.8 Å². The maximum atomic E-state index is 15.0. The predicted molar refractivity (Wildman–Crippen MR) is 278 cm³/mol. The first-order valence-electron chi connectivity index (χ1n) is 24.9. The summed E-state index contributed by atoms with van der Waals surface area (Å²) in [6.07, 6.45) is 3.90. The normalized spacial score (nSPS) is 23.3. The zero-order chi connectivity index (χ0) is 56.1. The van der Waals surface area contributed by atoms with Crippen molar-refractivity contribution in [3.63, 3.8) is 0 Å². The molecule has 1 aliphatic rings. The van der Waals surface area contributed by atoms with E-state index in [-0.39, 0.29) is 62.0 Å². The molecule has 1 saturated heterocycles. The van der Waals surface area contributed by atoms with Crippen molar-refractivity contribution in [2.24, 2.45) is 51.8 Å². The molecule has 1 aromatic rings. The summed E-state index contributed by atoms with van der Waals surface area (Å²) >= 11 is 0. The number of carbonyl (C=O) groups is 9. The van der Waals surface area contributed by atoms with Crippen LogP contribution in [-0.4, -0.2) is 142 Å². The van der Waals surface area contributed by atoms with Gasteiger partial charge in [0.1, 0.15) is 35.9 Å². The topological polar surface area (TPSA) is 348 Å². The molecule has 0 spiro atoms. The smallest absolute Gasteiger partial charge is 0.327 e. The van der Waals surface area contributed by atoms with Crippen molar-refractivity contribution in [2.75, 3.05) is 20.7 Å². The van der Waals surface area contributed by atoms with Crippen LogP contribution in [0, 0.1) is 29.6 Å². The summed E-state index contributed by atoms with van der Waals surface area (Å²) in [4.78, 5) is 131. The Hall–Kier alpha value is -6.94. The molecule has 10 atom stereocenters. The van der Waals surface area contributed by atoms with Crippen molar-refractivity contribution in [2.45, 2.75) is 143 Å². The molecule has 74 heavy (non-hydrogen) atoms. The zero-order valence-electron chi connectivity index (χ0n) is 44.5. The minimum atomic E-state index is -2.09. The van der Waals surface area contributed by atoms with Gasteiger partial charge in [-0.05, 0) is 62.8 Å². The monoisotopic (exact) mass is 1040 g/mol. The Morgan fingerprint density at radius 2 is 1.43 bits per heavy atom. The van der Waals surface area contributed by atoms with E-state index in [1.807, 2.05) is 50.3 Å². The van der Waals surface area contributed by atoms with Gasteiger partial charge >= 0.3 is 11.9 Å². The molecule has 12 N–H and O–H groups in total. The van der Waals surface area contributed by atoms with Crippen molar-refractivity contribution in [1.82, 2.24) is 31.1 Å². The molecule has 0 bridgehead atoms. The molecule has 7 amide bonds. The van der Waals surface area contributed by atoms with Gasteiger partial charge in [0.05, 0.1) is 17.9 Å². The van der Waals surface area contributed by atoms with Crippen LogP contribution in [0.15, 0.2) is 71.4 Å². The number of carboxylic acids is 2. The summed E-state index contributed by atoms with van der Waals surface area (Å²) in [6.45, 7) is 17.0. The highest BCUT2D eigenvalue weighted by atomic mass is 16.5. The minimum absolute atomic E-state index is 0.00482. The van der Waals surface area contributed by atoms with Crippen LogP contribution >= 0.6 is 0 Å². The van der Waals surface area contributed by atoms with Gasteiger partial charge in [-0.15, -0.1) is 0 Å². The Bertz CT molecular complexity index is 2250. The minimum Gasteiger partial charge on any atom is -0.480 e. The fraction of sp³-hybridized carbons (Fsp3) is 0.577. The Morgan fingerprint density at radius 3 is 1.97 bits per heavy atom. The number of likely N-dealkylation sites (N-methyl/N-ethyl adjacent to an activating group) is 1. The first-order chi connectivity index (χ1) is 34.6. The van der Waals surface area contributed by atoms with Crippen LogP contribution in [0.5, 0.6) is 0 Å². The second-order valence-electron chi connectivity index (χ2n) is 19.8. The molecule has 1 heterocycles. The Kier molecular flexibility index (Phi) is 25.9. The molecular formula is C52H80N10O12. The molecule has 1 aromatic carbocycles. The molecule has 22 nitrogen and oxygen atoms in total. The lowest BCUT2D eigenvalue weighted by atomic mass is 9.94. The Labute approximate surface area is 434 Å². The molecular weight excluding hydrogens is 957 g/mol. The number of nitrogens with one attached hydrogen (secondary N) is 4. The van der Waals surface area contributed by atoms with Crippen molar-refractivity contribution in [3.05, 3.63) is 72.0 Å². The third-order valence-electron chi connectivity index (χ3n) is 12.7. The number of aliphatic carboxylic acids is 2. The molecule has 0 saturated carbocycles. The number of methoxy groups -OCH3 is 1. The summed E-state index contributed by atoms with van der Waals surface area (Å²) in [5.41, 5.74) is 19.0. The number of nitrogens with zero attached hydrogens (tertiary/aromatic N) is 3. The Morgan fingerprint density at radius 1 is 0.865 bits per heavy atom. The van der Waals surface area contributed by atoms with Crippen LogP contribution in [0.3, 0.4) is 0 Å². The van der Waals surface area contributed by atoms with Gasteiger partial charge in [-0.1, -0.05) is 109 Å². The highest BCUT2D eigenvalue weighted by molar-refractivity contribution is 6.04. The fourth-order valence-electron chi connectivity index (χ4n) is 8.19. The third kappa shape index (κ3) is 19.8. The number of rotatable bonds is 19. The van der Waals surface area contributed by atoms with Crippen molar-refractivity contribution >= 4 is 59.2 Å². The van der Waals surface area contributed by atoms with Gasteiger partial charge in [0.15, 0.2) is 5.96 Å². The number of nitrogens with two attached hydrogens (primary N) is 3. The molecule has 1 fully saturated rings. The number of aliphatic imine (C=N–C) groups is 1.